The third-order valence-corrected chi connectivity index (χ3v) is 3.34. The van der Waals surface area contributed by atoms with Gasteiger partial charge in [-0.2, -0.15) is 0 Å². The topological polar surface area (TPSA) is 25.2 Å². The first-order chi connectivity index (χ1) is 6.74. The molecule has 2 unspecified atom stereocenters. The highest BCUT2D eigenvalue weighted by molar-refractivity contribution is 5.09. The first-order valence-electron chi connectivity index (χ1n) is 5.48. The van der Waals surface area contributed by atoms with Gasteiger partial charge in [0.05, 0.1) is 6.26 Å². The van der Waals surface area contributed by atoms with Crippen LogP contribution < -0.4 is 5.32 Å². The SMILES string of the molecule is CCNCC1CC1(C)Cc1ccco1. The quantitative estimate of drug-likeness (QED) is 0.777. The molecule has 1 heterocycles. The number of furan rings is 1. The second kappa shape index (κ2) is 3.77. The van der Waals surface area contributed by atoms with Crippen molar-refractivity contribution >= 4 is 0 Å². The van der Waals surface area contributed by atoms with Gasteiger partial charge in [0, 0.05) is 6.42 Å². The Kier molecular flexibility index (Phi) is 2.64. The van der Waals surface area contributed by atoms with Crippen LogP contribution in [0.25, 0.3) is 0 Å². The fraction of sp³-hybridized carbons (Fsp3) is 0.667. The Morgan fingerprint density at radius 1 is 1.64 bits per heavy atom. The summed E-state index contributed by atoms with van der Waals surface area (Å²) in [5, 5.41) is 3.41. The molecule has 1 aliphatic carbocycles. The van der Waals surface area contributed by atoms with E-state index in [0.29, 0.717) is 5.41 Å². The number of hydrogen-bond acceptors (Lipinski definition) is 2. The van der Waals surface area contributed by atoms with Gasteiger partial charge in [-0.3, -0.25) is 0 Å². The molecule has 1 aliphatic rings. The molecule has 1 fully saturated rings. The monoisotopic (exact) mass is 193 g/mol. The van der Waals surface area contributed by atoms with Crippen molar-refractivity contribution in [1.29, 1.82) is 0 Å². The average Bonchev–Trinajstić information content (AvgIpc) is 2.61. The van der Waals surface area contributed by atoms with Crippen LogP contribution in [-0.2, 0) is 6.42 Å². The molecular formula is C12H19NO. The molecule has 0 bridgehead atoms. The fourth-order valence-electron chi connectivity index (χ4n) is 2.17. The van der Waals surface area contributed by atoms with Crippen LogP contribution in [0.2, 0.25) is 0 Å². The van der Waals surface area contributed by atoms with Crippen LogP contribution in [0.1, 0.15) is 26.0 Å². The van der Waals surface area contributed by atoms with E-state index in [-0.39, 0.29) is 0 Å². The third-order valence-electron chi connectivity index (χ3n) is 3.34. The van der Waals surface area contributed by atoms with Gasteiger partial charge in [0.1, 0.15) is 5.76 Å². The Balaban J connectivity index is 1.82. The van der Waals surface area contributed by atoms with Crippen molar-refractivity contribution in [2.75, 3.05) is 13.1 Å². The number of hydrogen-bond donors (Lipinski definition) is 1. The summed E-state index contributed by atoms with van der Waals surface area (Å²) in [6.07, 6.45) is 4.19. The van der Waals surface area contributed by atoms with E-state index >= 15 is 0 Å². The van der Waals surface area contributed by atoms with E-state index in [4.69, 9.17) is 4.42 Å². The Labute approximate surface area is 85.7 Å². The molecule has 1 aromatic rings. The van der Waals surface area contributed by atoms with Gasteiger partial charge in [-0.05, 0) is 43.0 Å². The molecule has 2 nitrogen and oxygen atoms in total. The highest BCUT2D eigenvalue weighted by Gasteiger charge is 2.49. The summed E-state index contributed by atoms with van der Waals surface area (Å²) in [6.45, 7) is 6.75. The van der Waals surface area contributed by atoms with Crippen LogP contribution in [0.15, 0.2) is 22.8 Å². The molecule has 1 saturated carbocycles. The minimum Gasteiger partial charge on any atom is -0.469 e. The maximum absolute atomic E-state index is 5.38. The lowest BCUT2D eigenvalue weighted by Crippen LogP contribution is -2.19. The number of rotatable bonds is 5. The van der Waals surface area contributed by atoms with E-state index in [9.17, 15) is 0 Å². The Morgan fingerprint density at radius 2 is 2.50 bits per heavy atom. The third kappa shape index (κ3) is 2.01. The first kappa shape index (κ1) is 9.78. The smallest absolute Gasteiger partial charge is 0.104 e. The molecule has 2 rings (SSSR count). The van der Waals surface area contributed by atoms with E-state index in [0.717, 1.165) is 31.2 Å². The maximum Gasteiger partial charge on any atom is 0.104 e. The van der Waals surface area contributed by atoms with E-state index in [1.54, 1.807) is 6.26 Å². The predicted octanol–water partition coefficient (Wildman–Crippen LogP) is 2.46. The Morgan fingerprint density at radius 3 is 3.14 bits per heavy atom. The molecule has 2 atom stereocenters. The molecular weight excluding hydrogens is 174 g/mol. The van der Waals surface area contributed by atoms with Gasteiger partial charge in [-0.25, -0.2) is 0 Å². The fourth-order valence-corrected chi connectivity index (χ4v) is 2.17. The van der Waals surface area contributed by atoms with Crippen molar-refractivity contribution in [3.63, 3.8) is 0 Å². The van der Waals surface area contributed by atoms with Crippen LogP contribution in [-0.4, -0.2) is 13.1 Å². The molecule has 0 aliphatic heterocycles. The minimum atomic E-state index is 0.486. The summed E-state index contributed by atoms with van der Waals surface area (Å²) < 4.78 is 5.38. The maximum atomic E-state index is 5.38. The summed E-state index contributed by atoms with van der Waals surface area (Å²) in [5.41, 5.74) is 0.486. The van der Waals surface area contributed by atoms with E-state index in [2.05, 4.69) is 25.2 Å². The highest BCUT2D eigenvalue weighted by Crippen LogP contribution is 2.53. The van der Waals surface area contributed by atoms with Crippen LogP contribution in [0.3, 0.4) is 0 Å². The van der Waals surface area contributed by atoms with Crippen LogP contribution in [0, 0.1) is 11.3 Å². The molecule has 1 N–H and O–H groups in total. The van der Waals surface area contributed by atoms with Gasteiger partial charge < -0.3 is 9.73 Å². The van der Waals surface area contributed by atoms with Gasteiger partial charge in [-0.15, -0.1) is 0 Å². The van der Waals surface area contributed by atoms with Gasteiger partial charge >= 0.3 is 0 Å². The second-order valence-electron chi connectivity index (χ2n) is 4.62. The molecule has 0 spiro atoms. The summed E-state index contributed by atoms with van der Waals surface area (Å²) >= 11 is 0. The van der Waals surface area contributed by atoms with Crippen molar-refractivity contribution in [2.45, 2.75) is 26.7 Å². The van der Waals surface area contributed by atoms with Crippen LogP contribution in [0.5, 0.6) is 0 Å². The molecule has 2 heteroatoms. The number of nitrogens with one attached hydrogen (secondary N) is 1. The molecule has 1 aromatic heterocycles. The largest absolute Gasteiger partial charge is 0.469 e. The van der Waals surface area contributed by atoms with E-state index < -0.39 is 0 Å². The van der Waals surface area contributed by atoms with Gasteiger partial charge in [0.25, 0.3) is 0 Å². The summed E-state index contributed by atoms with van der Waals surface area (Å²) in [7, 11) is 0. The van der Waals surface area contributed by atoms with Crippen LogP contribution in [0.4, 0.5) is 0 Å². The van der Waals surface area contributed by atoms with Crippen molar-refractivity contribution in [3.05, 3.63) is 24.2 Å². The summed E-state index contributed by atoms with van der Waals surface area (Å²) in [4.78, 5) is 0. The standard InChI is InChI=1S/C12H19NO/c1-3-13-9-10-7-12(10,2)8-11-5-4-6-14-11/h4-6,10,13H,3,7-9H2,1-2H3. The van der Waals surface area contributed by atoms with Crippen molar-refractivity contribution in [2.24, 2.45) is 11.3 Å². The Bertz CT molecular complexity index is 281. The summed E-state index contributed by atoms with van der Waals surface area (Å²) in [5.74, 6) is 1.97. The zero-order valence-electron chi connectivity index (χ0n) is 9.05. The normalized spacial score (nSPS) is 30.6. The molecule has 0 amide bonds. The van der Waals surface area contributed by atoms with E-state index in [1.165, 1.54) is 6.42 Å². The molecule has 0 aromatic carbocycles. The van der Waals surface area contributed by atoms with E-state index in [1.807, 2.05) is 6.07 Å². The average molecular weight is 193 g/mol. The van der Waals surface area contributed by atoms with Gasteiger partial charge in [0.2, 0.25) is 0 Å². The van der Waals surface area contributed by atoms with Gasteiger partial charge in [-0.1, -0.05) is 13.8 Å². The lowest BCUT2D eigenvalue weighted by Gasteiger charge is -2.09. The molecule has 0 radical (unpaired) electrons. The Hall–Kier alpha value is -0.760. The summed E-state index contributed by atoms with van der Waals surface area (Å²) in [6, 6.07) is 4.05. The van der Waals surface area contributed by atoms with Crippen molar-refractivity contribution in [3.8, 4) is 0 Å². The lowest BCUT2D eigenvalue weighted by atomic mass is 10.0. The second-order valence-corrected chi connectivity index (χ2v) is 4.62. The van der Waals surface area contributed by atoms with Gasteiger partial charge in [0.15, 0.2) is 0 Å². The van der Waals surface area contributed by atoms with Crippen molar-refractivity contribution in [1.82, 2.24) is 5.32 Å². The minimum absolute atomic E-state index is 0.486. The van der Waals surface area contributed by atoms with Crippen molar-refractivity contribution < 1.29 is 4.42 Å². The highest BCUT2D eigenvalue weighted by atomic mass is 16.3. The zero-order valence-corrected chi connectivity index (χ0v) is 9.05. The predicted molar refractivity (Wildman–Crippen MR) is 57.2 cm³/mol. The van der Waals surface area contributed by atoms with Crippen LogP contribution >= 0.6 is 0 Å². The molecule has 0 saturated heterocycles. The molecule has 14 heavy (non-hydrogen) atoms. The zero-order chi connectivity index (χ0) is 10.0. The molecule has 78 valence electrons. The first-order valence-corrected chi connectivity index (χ1v) is 5.48. The lowest BCUT2D eigenvalue weighted by molar-refractivity contribution is 0.415.